The van der Waals surface area contributed by atoms with Gasteiger partial charge in [0.1, 0.15) is 11.5 Å². The van der Waals surface area contributed by atoms with Crippen molar-refractivity contribution in [2.75, 3.05) is 18.5 Å². The van der Waals surface area contributed by atoms with E-state index < -0.39 is 10.7 Å². The summed E-state index contributed by atoms with van der Waals surface area (Å²) in [6, 6.07) is 3.12. The molecule has 0 aliphatic heterocycles. The summed E-state index contributed by atoms with van der Waals surface area (Å²) in [6.45, 7) is 3.54. The van der Waals surface area contributed by atoms with Crippen LogP contribution in [-0.4, -0.2) is 30.5 Å². The van der Waals surface area contributed by atoms with Crippen molar-refractivity contribution in [2.45, 2.75) is 19.9 Å². The molecule has 0 spiro atoms. The predicted octanol–water partition coefficient (Wildman–Crippen LogP) is 1.69. The van der Waals surface area contributed by atoms with Gasteiger partial charge in [-0.15, -0.1) is 0 Å². The van der Waals surface area contributed by atoms with Gasteiger partial charge in [-0.3, -0.25) is 14.9 Å². The van der Waals surface area contributed by atoms with E-state index in [4.69, 9.17) is 0 Å². The second-order valence-electron chi connectivity index (χ2n) is 4.47. The van der Waals surface area contributed by atoms with Crippen LogP contribution in [0, 0.1) is 15.9 Å². The average Bonchev–Trinajstić information content (AvgIpc) is 2.26. The summed E-state index contributed by atoms with van der Waals surface area (Å²) in [7, 11) is 1.50. The molecule has 1 aromatic rings. The highest BCUT2D eigenvalue weighted by atomic mass is 19.1. The minimum Gasteiger partial charge on any atom is -0.360 e. The lowest BCUT2D eigenvalue weighted by Gasteiger charge is -2.19. The summed E-state index contributed by atoms with van der Waals surface area (Å²) in [5.41, 5.74) is -0.162. The monoisotopic (exact) mass is 269 g/mol. The van der Waals surface area contributed by atoms with Crippen LogP contribution in [-0.2, 0) is 4.79 Å². The minimum absolute atomic E-state index is 0.0246. The van der Waals surface area contributed by atoms with Gasteiger partial charge in [0, 0.05) is 25.2 Å². The number of carbonyl (C=O) groups is 1. The third-order valence-corrected chi connectivity index (χ3v) is 2.38. The summed E-state index contributed by atoms with van der Waals surface area (Å²) in [5.74, 6) is -0.868. The molecule has 0 aromatic heterocycles. The number of hydrogen-bond acceptors (Lipinski definition) is 4. The second-order valence-corrected chi connectivity index (χ2v) is 4.47. The number of nitrogens with zero attached hydrogens (tertiary/aromatic N) is 2. The number of halogens is 1. The summed E-state index contributed by atoms with van der Waals surface area (Å²) in [4.78, 5) is 23.2. The zero-order chi connectivity index (χ0) is 14.6. The first-order valence-electron chi connectivity index (χ1n) is 5.75. The summed E-state index contributed by atoms with van der Waals surface area (Å²) in [6.07, 6.45) is 0. The Morgan fingerprint density at radius 2 is 2.16 bits per heavy atom. The number of anilines is 1. The molecule has 0 fully saturated rings. The third-order valence-electron chi connectivity index (χ3n) is 2.38. The molecule has 0 unspecified atom stereocenters. The van der Waals surface area contributed by atoms with Crippen molar-refractivity contribution in [3.05, 3.63) is 34.1 Å². The molecule has 0 atom stereocenters. The number of hydrogen-bond donors (Lipinski definition) is 1. The molecule has 1 rings (SSSR count). The lowest BCUT2D eigenvalue weighted by atomic mass is 10.2. The SMILES string of the molecule is CC(C)NC(=O)CN(C)c1cc(F)ccc1[N+](=O)[O-]. The number of nitro benzene ring substituents is 1. The van der Waals surface area contributed by atoms with Crippen LogP contribution < -0.4 is 10.2 Å². The van der Waals surface area contributed by atoms with E-state index in [1.165, 1.54) is 11.9 Å². The van der Waals surface area contributed by atoms with E-state index in [1.54, 1.807) is 0 Å². The fraction of sp³-hybridized carbons (Fsp3) is 0.417. The molecule has 0 saturated carbocycles. The quantitative estimate of drug-likeness (QED) is 0.652. The number of likely N-dealkylation sites (N-methyl/N-ethyl adjacent to an activating group) is 1. The number of nitrogens with one attached hydrogen (secondary N) is 1. The molecule has 0 aliphatic carbocycles. The van der Waals surface area contributed by atoms with Crippen molar-refractivity contribution in [3.8, 4) is 0 Å². The van der Waals surface area contributed by atoms with Gasteiger partial charge in [-0.05, 0) is 19.9 Å². The molecular formula is C12H16FN3O3. The largest absolute Gasteiger partial charge is 0.360 e. The molecule has 0 saturated heterocycles. The van der Waals surface area contributed by atoms with Gasteiger partial charge < -0.3 is 10.2 Å². The van der Waals surface area contributed by atoms with Crippen LogP contribution in [0.25, 0.3) is 0 Å². The van der Waals surface area contributed by atoms with Crippen molar-refractivity contribution >= 4 is 17.3 Å². The van der Waals surface area contributed by atoms with Crippen LogP contribution in [0.5, 0.6) is 0 Å². The van der Waals surface area contributed by atoms with Gasteiger partial charge in [-0.25, -0.2) is 4.39 Å². The summed E-state index contributed by atoms with van der Waals surface area (Å²) < 4.78 is 13.2. The number of nitro groups is 1. The lowest BCUT2D eigenvalue weighted by molar-refractivity contribution is -0.384. The van der Waals surface area contributed by atoms with Gasteiger partial charge in [0.2, 0.25) is 5.91 Å². The molecule has 6 nitrogen and oxygen atoms in total. The average molecular weight is 269 g/mol. The molecule has 0 aliphatic rings. The zero-order valence-corrected chi connectivity index (χ0v) is 11.0. The Morgan fingerprint density at radius 1 is 1.53 bits per heavy atom. The Labute approximate surface area is 110 Å². The molecule has 0 radical (unpaired) electrons. The highest BCUT2D eigenvalue weighted by molar-refractivity contribution is 5.82. The topological polar surface area (TPSA) is 75.5 Å². The number of carbonyl (C=O) groups excluding carboxylic acids is 1. The van der Waals surface area contributed by atoms with Crippen LogP contribution in [0.2, 0.25) is 0 Å². The van der Waals surface area contributed by atoms with E-state index in [-0.39, 0.29) is 29.9 Å². The van der Waals surface area contributed by atoms with Crippen molar-refractivity contribution < 1.29 is 14.1 Å². The molecule has 0 bridgehead atoms. The molecule has 19 heavy (non-hydrogen) atoms. The first kappa shape index (κ1) is 14.9. The van der Waals surface area contributed by atoms with Crippen molar-refractivity contribution in [2.24, 2.45) is 0 Å². The second kappa shape index (κ2) is 6.12. The lowest BCUT2D eigenvalue weighted by Crippen LogP contribution is -2.38. The first-order valence-corrected chi connectivity index (χ1v) is 5.75. The Morgan fingerprint density at radius 3 is 2.68 bits per heavy atom. The third kappa shape index (κ3) is 4.20. The number of rotatable bonds is 5. The molecule has 104 valence electrons. The van der Waals surface area contributed by atoms with E-state index in [9.17, 15) is 19.3 Å². The van der Waals surface area contributed by atoms with Crippen molar-refractivity contribution in [3.63, 3.8) is 0 Å². The van der Waals surface area contributed by atoms with Crippen LogP contribution >= 0.6 is 0 Å². The smallest absolute Gasteiger partial charge is 0.292 e. The van der Waals surface area contributed by atoms with E-state index >= 15 is 0 Å². The van der Waals surface area contributed by atoms with Gasteiger partial charge >= 0.3 is 0 Å². The number of amides is 1. The molecule has 0 heterocycles. The van der Waals surface area contributed by atoms with E-state index in [0.29, 0.717) is 0 Å². The Bertz CT molecular complexity index is 491. The fourth-order valence-corrected chi connectivity index (χ4v) is 1.62. The van der Waals surface area contributed by atoms with Gasteiger partial charge in [-0.2, -0.15) is 0 Å². The Balaban J connectivity index is 2.92. The molecule has 1 amide bonds. The maximum Gasteiger partial charge on any atom is 0.292 e. The molecular weight excluding hydrogens is 253 g/mol. The van der Waals surface area contributed by atoms with Gasteiger partial charge in [0.25, 0.3) is 5.69 Å². The van der Waals surface area contributed by atoms with Crippen LogP contribution in [0.15, 0.2) is 18.2 Å². The van der Waals surface area contributed by atoms with Gasteiger partial charge in [0.15, 0.2) is 0 Å². The van der Waals surface area contributed by atoms with E-state index in [1.807, 2.05) is 13.8 Å². The molecule has 7 heteroatoms. The number of benzene rings is 1. The van der Waals surface area contributed by atoms with Crippen molar-refractivity contribution in [1.29, 1.82) is 0 Å². The maximum absolute atomic E-state index is 13.2. The first-order chi connectivity index (χ1) is 8.81. The molecule has 1 aromatic carbocycles. The zero-order valence-electron chi connectivity index (χ0n) is 11.0. The highest BCUT2D eigenvalue weighted by Crippen LogP contribution is 2.27. The summed E-state index contributed by atoms with van der Waals surface area (Å²) >= 11 is 0. The van der Waals surface area contributed by atoms with E-state index in [2.05, 4.69) is 5.32 Å². The van der Waals surface area contributed by atoms with Crippen LogP contribution in [0.4, 0.5) is 15.8 Å². The normalized spacial score (nSPS) is 10.4. The Hall–Kier alpha value is -2.18. The standard InChI is InChI=1S/C12H16FN3O3/c1-8(2)14-12(17)7-15(3)11-6-9(13)4-5-10(11)16(18)19/h4-6,8H,7H2,1-3H3,(H,14,17). The Kier molecular flexibility index (Phi) is 4.80. The van der Waals surface area contributed by atoms with E-state index in [0.717, 1.165) is 18.2 Å². The van der Waals surface area contributed by atoms with Crippen LogP contribution in [0.1, 0.15) is 13.8 Å². The van der Waals surface area contributed by atoms with Crippen molar-refractivity contribution in [1.82, 2.24) is 5.32 Å². The maximum atomic E-state index is 13.2. The van der Waals surface area contributed by atoms with Crippen LogP contribution in [0.3, 0.4) is 0 Å². The highest BCUT2D eigenvalue weighted by Gasteiger charge is 2.19. The van der Waals surface area contributed by atoms with Gasteiger partial charge in [-0.1, -0.05) is 0 Å². The fourth-order valence-electron chi connectivity index (χ4n) is 1.62. The summed E-state index contributed by atoms with van der Waals surface area (Å²) in [5, 5.41) is 13.5. The molecule has 1 N–H and O–H groups in total. The predicted molar refractivity (Wildman–Crippen MR) is 69.6 cm³/mol. The minimum atomic E-state index is -0.606. The van der Waals surface area contributed by atoms with Gasteiger partial charge in [0.05, 0.1) is 11.5 Å².